The second kappa shape index (κ2) is 7.87. The van der Waals surface area contributed by atoms with Gasteiger partial charge in [0, 0.05) is 12.5 Å². The van der Waals surface area contributed by atoms with Crippen molar-refractivity contribution >= 4 is 11.9 Å². The molecule has 17 heavy (non-hydrogen) atoms. The molecular formula is C13H23NO3. The van der Waals surface area contributed by atoms with Gasteiger partial charge >= 0.3 is 5.97 Å². The molecule has 0 aromatic carbocycles. The molecule has 0 atom stereocenters. The van der Waals surface area contributed by atoms with Crippen molar-refractivity contribution in [3.05, 3.63) is 12.7 Å². The van der Waals surface area contributed by atoms with Crippen LogP contribution in [0.25, 0.3) is 0 Å². The van der Waals surface area contributed by atoms with Gasteiger partial charge in [-0.15, -0.1) is 0 Å². The largest absolute Gasteiger partial charge is 0.464 e. The van der Waals surface area contributed by atoms with Crippen LogP contribution in [0.1, 0.15) is 34.1 Å². The maximum absolute atomic E-state index is 11.5. The van der Waals surface area contributed by atoms with E-state index in [1.165, 1.54) is 6.08 Å². The molecule has 0 saturated carbocycles. The maximum atomic E-state index is 11.5. The predicted molar refractivity (Wildman–Crippen MR) is 67.5 cm³/mol. The second-order valence-corrected chi connectivity index (χ2v) is 4.65. The van der Waals surface area contributed by atoms with E-state index in [2.05, 4.69) is 6.58 Å². The monoisotopic (exact) mass is 241 g/mol. The normalized spacial score (nSPS) is 10.5. The van der Waals surface area contributed by atoms with Gasteiger partial charge in [0.05, 0.1) is 6.54 Å². The third-order valence-electron chi connectivity index (χ3n) is 2.25. The van der Waals surface area contributed by atoms with Gasteiger partial charge in [-0.05, 0) is 25.8 Å². The van der Waals surface area contributed by atoms with Crippen LogP contribution in [-0.2, 0) is 14.3 Å². The molecule has 1 amide bonds. The molecule has 0 heterocycles. The summed E-state index contributed by atoms with van der Waals surface area (Å²) in [6, 6.07) is 0.0734. The Morgan fingerprint density at radius 3 is 2.29 bits per heavy atom. The molecule has 0 rings (SSSR count). The second-order valence-electron chi connectivity index (χ2n) is 4.65. The summed E-state index contributed by atoms with van der Waals surface area (Å²) in [5.74, 6) is -0.0619. The molecule has 4 heteroatoms. The zero-order chi connectivity index (χ0) is 13.4. The van der Waals surface area contributed by atoms with E-state index in [1.54, 1.807) is 4.90 Å². The number of esters is 1. The summed E-state index contributed by atoms with van der Waals surface area (Å²) >= 11 is 0. The first-order valence-electron chi connectivity index (χ1n) is 5.97. The highest BCUT2D eigenvalue weighted by Crippen LogP contribution is 2.03. The summed E-state index contributed by atoms with van der Waals surface area (Å²) < 4.78 is 5.06. The van der Waals surface area contributed by atoms with E-state index in [-0.39, 0.29) is 24.5 Å². The lowest BCUT2D eigenvalue weighted by molar-refractivity contribution is -0.146. The fraction of sp³-hybridized carbons (Fsp3) is 0.692. The van der Waals surface area contributed by atoms with Gasteiger partial charge < -0.3 is 9.64 Å². The Morgan fingerprint density at radius 1 is 1.29 bits per heavy atom. The summed E-state index contributed by atoms with van der Waals surface area (Å²) in [4.78, 5) is 24.4. The molecule has 0 aliphatic carbocycles. The number of rotatable bonds is 7. The van der Waals surface area contributed by atoms with Crippen LogP contribution in [0.3, 0.4) is 0 Å². The third-order valence-corrected chi connectivity index (χ3v) is 2.25. The van der Waals surface area contributed by atoms with Crippen LogP contribution in [0.4, 0.5) is 0 Å². The van der Waals surface area contributed by atoms with E-state index in [9.17, 15) is 9.59 Å². The van der Waals surface area contributed by atoms with E-state index < -0.39 is 0 Å². The molecule has 0 aromatic rings. The van der Waals surface area contributed by atoms with Crippen LogP contribution in [0, 0.1) is 5.92 Å². The van der Waals surface area contributed by atoms with Gasteiger partial charge in [-0.3, -0.25) is 9.59 Å². The number of carbonyl (C=O) groups is 2. The molecule has 0 bridgehead atoms. The fourth-order valence-electron chi connectivity index (χ4n) is 1.39. The Balaban J connectivity index is 4.03. The van der Waals surface area contributed by atoms with E-state index in [0.717, 1.165) is 0 Å². The van der Waals surface area contributed by atoms with Crippen molar-refractivity contribution in [2.24, 2.45) is 5.92 Å². The standard InChI is InChI=1S/C13H23NO3/c1-6-12(15)14(11(4)5)7-8-17-13(16)9-10(2)3/h6,10-11H,1,7-9H2,2-5H3. The minimum absolute atomic E-state index is 0.0734. The topological polar surface area (TPSA) is 46.6 Å². The van der Waals surface area contributed by atoms with Gasteiger partial charge in [0.1, 0.15) is 6.61 Å². The van der Waals surface area contributed by atoms with Gasteiger partial charge in [0.2, 0.25) is 5.91 Å². The number of hydrogen-bond donors (Lipinski definition) is 0. The molecule has 0 radical (unpaired) electrons. The molecule has 0 aromatic heterocycles. The van der Waals surface area contributed by atoms with Crippen LogP contribution in [0.5, 0.6) is 0 Å². The molecule has 0 aliphatic rings. The molecule has 0 N–H and O–H groups in total. The molecule has 98 valence electrons. The summed E-state index contributed by atoms with van der Waals surface area (Å²) in [6.45, 7) is 11.8. The van der Waals surface area contributed by atoms with Crippen molar-refractivity contribution in [1.29, 1.82) is 0 Å². The molecular weight excluding hydrogens is 218 g/mol. The Kier molecular flexibility index (Phi) is 7.26. The average molecular weight is 241 g/mol. The summed E-state index contributed by atoms with van der Waals surface area (Å²) in [6.07, 6.45) is 1.69. The molecule has 4 nitrogen and oxygen atoms in total. The van der Waals surface area contributed by atoms with Crippen LogP contribution in [-0.4, -0.2) is 36.0 Å². The van der Waals surface area contributed by atoms with E-state index in [4.69, 9.17) is 4.74 Å². The molecule has 0 fully saturated rings. The molecule has 0 saturated heterocycles. The average Bonchev–Trinajstić information content (AvgIpc) is 2.21. The van der Waals surface area contributed by atoms with Crippen molar-refractivity contribution in [3.8, 4) is 0 Å². The van der Waals surface area contributed by atoms with Crippen LogP contribution < -0.4 is 0 Å². The zero-order valence-electron chi connectivity index (χ0n) is 11.2. The Bertz CT molecular complexity index is 272. The predicted octanol–water partition coefficient (Wildman–Crippen LogP) is 2.00. The minimum Gasteiger partial charge on any atom is -0.464 e. The van der Waals surface area contributed by atoms with Gasteiger partial charge in [0.25, 0.3) is 0 Å². The number of carbonyl (C=O) groups excluding carboxylic acids is 2. The van der Waals surface area contributed by atoms with E-state index >= 15 is 0 Å². The number of ether oxygens (including phenoxy) is 1. The van der Waals surface area contributed by atoms with E-state index in [1.807, 2.05) is 27.7 Å². The third kappa shape index (κ3) is 6.76. The van der Waals surface area contributed by atoms with Gasteiger partial charge in [-0.25, -0.2) is 0 Å². The van der Waals surface area contributed by atoms with Crippen molar-refractivity contribution in [2.75, 3.05) is 13.2 Å². The maximum Gasteiger partial charge on any atom is 0.306 e. The lowest BCUT2D eigenvalue weighted by atomic mass is 10.1. The number of amides is 1. The summed E-state index contributed by atoms with van der Waals surface area (Å²) in [7, 11) is 0. The Morgan fingerprint density at radius 2 is 1.88 bits per heavy atom. The van der Waals surface area contributed by atoms with Crippen molar-refractivity contribution in [2.45, 2.75) is 40.2 Å². The zero-order valence-corrected chi connectivity index (χ0v) is 11.2. The number of hydrogen-bond acceptors (Lipinski definition) is 3. The number of nitrogens with zero attached hydrogens (tertiary/aromatic N) is 1. The first-order valence-corrected chi connectivity index (χ1v) is 5.97. The molecule has 0 spiro atoms. The smallest absolute Gasteiger partial charge is 0.306 e. The lowest BCUT2D eigenvalue weighted by Gasteiger charge is -2.25. The quantitative estimate of drug-likeness (QED) is 0.506. The SMILES string of the molecule is C=CC(=O)N(CCOC(=O)CC(C)C)C(C)C. The van der Waals surface area contributed by atoms with Crippen LogP contribution >= 0.6 is 0 Å². The first kappa shape index (κ1) is 15.7. The highest BCUT2D eigenvalue weighted by Gasteiger charge is 2.14. The van der Waals surface area contributed by atoms with E-state index in [0.29, 0.717) is 18.9 Å². The fourth-order valence-corrected chi connectivity index (χ4v) is 1.39. The Hall–Kier alpha value is -1.32. The lowest BCUT2D eigenvalue weighted by Crippen LogP contribution is -2.38. The Labute approximate surface area is 104 Å². The van der Waals surface area contributed by atoms with Gasteiger partial charge in [-0.1, -0.05) is 20.4 Å². The van der Waals surface area contributed by atoms with Gasteiger partial charge in [-0.2, -0.15) is 0 Å². The van der Waals surface area contributed by atoms with Gasteiger partial charge in [0.15, 0.2) is 0 Å². The van der Waals surface area contributed by atoms with Crippen molar-refractivity contribution in [3.63, 3.8) is 0 Å². The summed E-state index contributed by atoms with van der Waals surface area (Å²) in [5.41, 5.74) is 0. The molecule has 0 unspecified atom stereocenters. The van der Waals surface area contributed by atoms with Crippen LogP contribution in [0.15, 0.2) is 12.7 Å². The summed E-state index contributed by atoms with van der Waals surface area (Å²) in [5, 5.41) is 0. The molecule has 0 aliphatic heterocycles. The minimum atomic E-state index is -0.213. The first-order chi connectivity index (χ1) is 7.88. The highest BCUT2D eigenvalue weighted by molar-refractivity contribution is 5.87. The van der Waals surface area contributed by atoms with Crippen molar-refractivity contribution < 1.29 is 14.3 Å². The highest BCUT2D eigenvalue weighted by atomic mass is 16.5. The van der Waals surface area contributed by atoms with Crippen molar-refractivity contribution in [1.82, 2.24) is 4.90 Å². The van der Waals surface area contributed by atoms with Crippen LogP contribution in [0.2, 0.25) is 0 Å².